The van der Waals surface area contributed by atoms with E-state index in [1.54, 1.807) is 49.4 Å². The Labute approximate surface area is 163 Å². The van der Waals surface area contributed by atoms with E-state index in [0.29, 0.717) is 27.6 Å². The van der Waals surface area contributed by atoms with Gasteiger partial charge < -0.3 is 19.9 Å². The van der Waals surface area contributed by atoms with Crippen LogP contribution in [0.1, 0.15) is 24.5 Å². The van der Waals surface area contributed by atoms with Gasteiger partial charge in [-0.2, -0.15) is 0 Å². The molecule has 0 aliphatic heterocycles. The lowest BCUT2D eigenvalue weighted by Crippen LogP contribution is -2.52. The molecule has 0 fully saturated rings. The number of amides is 1. The van der Waals surface area contributed by atoms with Crippen LogP contribution < -0.4 is 14.8 Å². The first kappa shape index (κ1) is 20.6. The maximum absolute atomic E-state index is 12.6. The molecule has 0 aliphatic carbocycles. The van der Waals surface area contributed by atoms with Crippen LogP contribution >= 0.6 is 11.6 Å². The molecule has 7 heteroatoms. The quantitative estimate of drug-likeness (QED) is 0.720. The normalized spacial score (nSPS) is 12.7. The minimum absolute atomic E-state index is 0.00295. The molecule has 0 bridgehead atoms. The lowest BCUT2D eigenvalue weighted by atomic mass is 9.87. The number of nitrogens with one attached hydrogen (secondary N) is 1. The number of methoxy groups -OCH3 is 2. The number of ether oxygens (including phenoxy) is 2. The van der Waals surface area contributed by atoms with Crippen LogP contribution in [-0.4, -0.2) is 31.2 Å². The number of carboxylic acids is 1. The van der Waals surface area contributed by atoms with Crippen molar-refractivity contribution in [1.82, 2.24) is 5.32 Å². The van der Waals surface area contributed by atoms with Gasteiger partial charge in [0.25, 0.3) is 0 Å². The molecule has 0 radical (unpaired) electrons. The zero-order valence-corrected chi connectivity index (χ0v) is 16.2. The molecular weight excluding hydrogens is 370 g/mol. The molecule has 0 saturated carbocycles. The van der Waals surface area contributed by atoms with Crippen molar-refractivity contribution in [3.05, 3.63) is 58.6 Å². The molecule has 0 heterocycles. The van der Waals surface area contributed by atoms with Gasteiger partial charge in [-0.05, 0) is 41.8 Å². The molecule has 0 aliphatic rings. The lowest BCUT2D eigenvalue weighted by molar-refractivity contribution is -0.148. The maximum atomic E-state index is 12.6. The highest BCUT2D eigenvalue weighted by atomic mass is 35.5. The minimum atomic E-state index is -1.53. The van der Waals surface area contributed by atoms with Crippen molar-refractivity contribution >= 4 is 23.5 Å². The Hall–Kier alpha value is -2.73. The van der Waals surface area contributed by atoms with Crippen molar-refractivity contribution < 1.29 is 24.2 Å². The molecule has 0 aromatic heterocycles. The number of hydrogen-bond acceptors (Lipinski definition) is 4. The van der Waals surface area contributed by atoms with Crippen LogP contribution in [-0.2, 0) is 21.5 Å². The summed E-state index contributed by atoms with van der Waals surface area (Å²) in [6.07, 6.45) is 0.185. The van der Waals surface area contributed by atoms with Gasteiger partial charge in [-0.3, -0.25) is 4.79 Å². The summed E-state index contributed by atoms with van der Waals surface area (Å²) < 4.78 is 10.4. The SMILES string of the molecule is CCC(NC(=O)Cc1ccc(OC)c(OC)c1)(C(=O)O)c1ccc(Cl)cc1. The van der Waals surface area contributed by atoms with Crippen LogP contribution in [0.2, 0.25) is 5.02 Å². The van der Waals surface area contributed by atoms with Gasteiger partial charge in [0.05, 0.1) is 20.6 Å². The summed E-state index contributed by atoms with van der Waals surface area (Å²) in [7, 11) is 3.04. The summed E-state index contributed by atoms with van der Waals surface area (Å²) in [4.78, 5) is 24.6. The summed E-state index contributed by atoms with van der Waals surface area (Å²) in [5.74, 6) is -0.494. The Bertz CT molecular complexity index is 822. The third kappa shape index (κ3) is 4.52. The van der Waals surface area contributed by atoms with E-state index < -0.39 is 17.4 Å². The second kappa shape index (κ2) is 8.77. The second-order valence-electron chi connectivity index (χ2n) is 5.99. The van der Waals surface area contributed by atoms with Crippen molar-refractivity contribution in [2.45, 2.75) is 25.3 Å². The minimum Gasteiger partial charge on any atom is -0.493 e. The Kier molecular flexibility index (Phi) is 6.69. The molecular formula is C20H22ClNO5. The number of rotatable bonds is 8. The topological polar surface area (TPSA) is 84.9 Å². The van der Waals surface area contributed by atoms with E-state index >= 15 is 0 Å². The first-order valence-corrected chi connectivity index (χ1v) is 8.75. The Morgan fingerprint density at radius 1 is 1.07 bits per heavy atom. The fourth-order valence-corrected chi connectivity index (χ4v) is 3.01. The number of carboxylic acid groups (broad SMARTS) is 1. The lowest BCUT2D eigenvalue weighted by Gasteiger charge is -2.30. The molecule has 1 atom stereocenters. The van der Waals surface area contributed by atoms with E-state index in [-0.39, 0.29) is 12.8 Å². The summed E-state index contributed by atoms with van der Waals surface area (Å²) in [6.45, 7) is 1.71. The number of carbonyl (C=O) groups is 2. The first-order valence-electron chi connectivity index (χ1n) is 8.37. The highest BCUT2D eigenvalue weighted by Gasteiger charge is 2.40. The first-order chi connectivity index (χ1) is 12.9. The number of benzene rings is 2. The molecule has 0 saturated heterocycles. The highest BCUT2D eigenvalue weighted by Crippen LogP contribution is 2.29. The summed E-state index contributed by atoms with van der Waals surface area (Å²) in [5.41, 5.74) is -0.391. The summed E-state index contributed by atoms with van der Waals surface area (Å²) in [6, 6.07) is 11.5. The van der Waals surface area contributed by atoms with E-state index in [0.717, 1.165) is 0 Å². The largest absolute Gasteiger partial charge is 0.493 e. The van der Waals surface area contributed by atoms with Gasteiger partial charge in [-0.25, -0.2) is 4.79 Å². The molecule has 2 N–H and O–H groups in total. The number of aliphatic carboxylic acids is 1. The van der Waals surface area contributed by atoms with Crippen LogP contribution in [0.3, 0.4) is 0 Å². The molecule has 2 aromatic rings. The van der Waals surface area contributed by atoms with Crippen molar-refractivity contribution in [3.8, 4) is 11.5 Å². The maximum Gasteiger partial charge on any atom is 0.334 e. The van der Waals surface area contributed by atoms with Gasteiger partial charge in [0.2, 0.25) is 5.91 Å². The number of hydrogen-bond donors (Lipinski definition) is 2. The molecule has 144 valence electrons. The molecule has 1 unspecified atom stereocenters. The summed E-state index contributed by atoms with van der Waals surface area (Å²) >= 11 is 5.89. The molecule has 1 amide bonds. The van der Waals surface area contributed by atoms with E-state index in [9.17, 15) is 14.7 Å². The van der Waals surface area contributed by atoms with Gasteiger partial charge in [-0.15, -0.1) is 0 Å². The second-order valence-corrected chi connectivity index (χ2v) is 6.42. The van der Waals surface area contributed by atoms with E-state index in [4.69, 9.17) is 21.1 Å². The average Bonchev–Trinajstić information content (AvgIpc) is 2.66. The molecule has 0 spiro atoms. The van der Waals surface area contributed by atoms with E-state index in [1.165, 1.54) is 14.2 Å². The number of carbonyl (C=O) groups excluding carboxylic acids is 1. The standard InChI is InChI=1S/C20H22ClNO5/c1-4-20(19(24)25,14-6-8-15(21)9-7-14)22-18(23)12-13-5-10-16(26-2)17(11-13)27-3/h5-11H,4,12H2,1-3H3,(H,22,23)(H,24,25). The predicted molar refractivity (Wildman–Crippen MR) is 102 cm³/mol. The van der Waals surface area contributed by atoms with Crippen LogP contribution in [0.4, 0.5) is 0 Å². The average molecular weight is 392 g/mol. The summed E-state index contributed by atoms with van der Waals surface area (Å²) in [5, 5.41) is 13.0. The zero-order chi connectivity index (χ0) is 20.0. The fourth-order valence-electron chi connectivity index (χ4n) is 2.89. The fraction of sp³-hybridized carbons (Fsp3) is 0.300. The van der Waals surface area contributed by atoms with Crippen molar-refractivity contribution in [2.24, 2.45) is 0 Å². The molecule has 6 nitrogen and oxygen atoms in total. The predicted octanol–water partition coefficient (Wildman–Crippen LogP) is 3.41. The van der Waals surface area contributed by atoms with E-state index in [2.05, 4.69) is 5.32 Å². The smallest absolute Gasteiger partial charge is 0.334 e. The van der Waals surface area contributed by atoms with Crippen molar-refractivity contribution in [1.29, 1.82) is 0 Å². The Morgan fingerprint density at radius 2 is 1.70 bits per heavy atom. The zero-order valence-electron chi connectivity index (χ0n) is 15.4. The third-order valence-corrected chi connectivity index (χ3v) is 4.65. The molecule has 2 rings (SSSR count). The van der Waals surface area contributed by atoms with Crippen molar-refractivity contribution in [2.75, 3.05) is 14.2 Å². The number of halogens is 1. The van der Waals surface area contributed by atoms with Gasteiger partial charge in [0.1, 0.15) is 0 Å². The van der Waals surface area contributed by atoms with Crippen LogP contribution in [0, 0.1) is 0 Å². The van der Waals surface area contributed by atoms with E-state index in [1.807, 2.05) is 0 Å². The third-order valence-electron chi connectivity index (χ3n) is 4.40. The van der Waals surface area contributed by atoms with Crippen LogP contribution in [0.15, 0.2) is 42.5 Å². The van der Waals surface area contributed by atoms with Gasteiger partial charge in [0.15, 0.2) is 17.0 Å². The molecule has 27 heavy (non-hydrogen) atoms. The van der Waals surface area contributed by atoms with Gasteiger partial charge in [0, 0.05) is 5.02 Å². The van der Waals surface area contributed by atoms with Gasteiger partial charge >= 0.3 is 5.97 Å². The van der Waals surface area contributed by atoms with Crippen LogP contribution in [0.5, 0.6) is 11.5 Å². The monoisotopic (exact) mass is 391 g/mol. The van der Waals surface area contributed by atoms with Crippen LogP contribution in [0.25, 0.3) is 0 Å². The highest BCUT2D eigenvalue weighted by molar-refractivity contribution is 6.30. The Morgan fingerprint density at radius 3 is 2.22 bits per heavy atom. The molecule has 2 aromatic carbocycles. The Balaban J connectivity index is 2.26. The van der Waals surface area contributed by atoms with Gasteiger partial charge in [-0.1, -0.05) is 36.7 Å². The van der Waals surface area contributed by atoms with Crippen molar-refractivity contribution in [3.63, 3.8) is 0 Å².